The van der Waals surface area contributed by atoms with Crippen LogP contribution in [0.5, 0.6) is 0 Å². The summed E-state index contributed by atoms with van der Waals surface area (Å²) in [5, 5.41) is 3.06. The molecule has 0 amide bonds. The molecule has 4 nitrogen and oxygen atoms in total. The van der Waals surface area contributed by atoms with Gasteiger partial charge < -0.3 is 19.7 Å². The molecule has 1 N–H and O–H groups in total. The fourth-order valence-corrected chi connectivity index (χ4v) is 2.06. The van der Waals surface area contributed by atoms with Crippen molar-refractivity contribution in [2.75, 3.05) is 52.0 Å². The van der Waals surface area contributed by atoms with Crippen LogP contribution in [0.2, 0.25) is 0 Å². The van der Waals surface area contributed by atoms with Crippen LogP contribution in [0, 0.1) is 11.6 Å². The third-order valence-corrected chi connectivity index (χ3v) is 3.15. The second-order valence-electron chi connectivity index (χ2n) is 4.65. The SMILES string of the molecule is CCN(CCOC)c1c(F)cc(CNCCOC)cc1F. The van der Waals surface area contributed by atoms with Crippen molar-refractivity contribution < 1.29 is 18.3 Å². The second kappa shape index (κ2) is 9.65. The van der Waals surface area contributed by atoms with Crippen LogP contribution in [0.25, 0.3) is 0 Å². The highest BCUT2D eigenvalue weighted by Crippen LogP contribution is 2.25. The number of halogens is 2. The number of hydrogen-bond donors (Lipinski definition) is 1. The van der Waals surface area contributed by atoms with Gasteiger partial charge in [0.25, 0.3) is 0 Å². The summed E-state index contributed by atoms with van der Waals surface area (Å²) in [6.45, 7) is 4.85. The molecule has 1 rings (SSSR count). The summed E-state index contributed by atoms with van der Waals surface area (Å²) in [5.41, 5.74) is 0.586. The van der Waals surface area contributed by atoms with Gasteiger partial charge in [0.1, 0.15) is 17.3 Å². The van der Waals surface area contributed by atoms with Crippen LogP contribution in [0.15, 0.2) is 12.1 Å². The Bertz CT molecular complexity index is 407. The number of ether oxygens (including phenoxy) is 2. The number of anilines is 1. The minimum absolute atomic E-state index is 0.00944. The van der Waals surface area contributed by atoms with Gasteiger partial charge in [-0.1, -0.05) is 0 Å². The van der Waals surface area contributed by atoms with Gasteiger partial charge in [-0.15, -0.1) is 0 Å². The number of likely N-dealkylation sites (N-methyl/N-ethyl adjacent to an activating group) is 1. The van der Waals surface area contributed by atoms with E-state index in [9.17, 15) is 8.78 Å². The maximum absolute atomic E-state index is 14.2. The van der Waals surface area contributed by atoms with Gasteiger partial charge in [-0.3, -0.25) is 0 Å². The molecule has 0 aliphatic heterocycles. The highest BCUT2D eigenvalue weighted by Gasteiger charge is 2.16. The van der Waals surface area contributed by atoms with Gasteiger partial charge in [-0.25, -0.2) is 8.78 Å². The lowest BCUT2D eigenvalue weighted by Crippen LogP contribution is -2.29. The lowest BCUT2D eigenvalue weighted by molar-refractivity contribution is 0.199. The number of hydrogen-bond acceptors (Lipinski definition) is 4. The molecule has 0 saturated carbocycles. The molecule has 0 bridgehead atoms. The van der Waals surface area contributed by atoms with Gasteiger partial charge in [0, 0.05) is 40.4 Å². The Labute approximate surface area is 125 Å². The smallest absolute Gasteiger partial charge is 0.149 e. The maximum Gasteiger partial charge on any atom is 0.149 e. The van der Waals surface area contributed by atoms with Crippen LogP contribution < -0.4 is 10.2 Å². The van der Waals surface area contributed by atoms with Crippen LogP contribution in [0.3, 0.4) is 0 Å². The summed E-state index contributed by atoms with van der Waals surface area (Å²) in [6, 6.07) is 2.74. The Kier molecular flexibility index (Phi) is 8.19. The van der Waals surface area contributed by atoms with E-state index in [1.165, 1.54) is 12.1 Å². The Balaban J connectivity index is 2.78. The fraction of sp³-hybridized carbons (Fsp3) is 0.600. The van der Waals surface area contributed by atoms with Crippen molar-refractivity contribution in [1.82, 2.24) is 5.32 Å². The van der Waals surface area contributed by atoms with Crippen LogP contribution in [-0.4, -0.2) is 47.1 Å². The van der Waals surface area contributed by atoms with Gasteiger partial charge in [0.2, 0.25) is 0 Å². The van der Waals surface area contributed by atoms with Crippen LogP contribution in [-0.2, 0) is 16.0 Å². The third kappa shape index (κ3) is 5.57. The normalized spacial score (nSPS) is 10.9. The maximum atomic E-state index is 14.2. The van der Waals surface area contributed by atoms with Gasteiger partial charge in [-0.05, 0) is 24.6 Å². The van der Waals surface area contributed by atoms with Crippen LogP contribution in [0.4, 0.5) is 14.5 Å². The largest absolute Gasteiger partial charge is 0.383 e. The number of rotatable bonds is 10. The summed E-state index contributed by atoms with van der Waals surface area (Å²) in [4.78, 5) is 1.64. The Hall–Kier alpha value is -1.24. The molecule has 6 heteroatoms. The molecule has 0 fully saturated rings. The zero-order valence-corrected chi connectivity index (χ0v) is 12.9. The molecule has 0 radical (unpaired) electrons. The molecule has 1 aromatic carbocycles. The van der Waals surface area contributed by atoms with E-state index in [-0.39, 0.29) is 5.69 Å². The first-order valence-electron chi connectivity index (χ1n) is 7.05. The third-order valence-electron chi connectivity index (χ3n) is 3.15. The predicted molar refractivity (Wildman–Crippen MR) is 79.7 cm³/mol. The van der Waals surface area contributed by atoms with Crippen molar-refractivity contribution in [2.45, 2.75) is 13.5 Å². The quantitative estimate of drug-likeness (QED) is 0.672. The molecule has 0 saturated heterocycles. The zero-order chi connectivity index (χ0) is 15.7. The predicted octanol–water partition coefficient (Wildman–Crippen LogP) is 2.17. The van der Waals surface area contributed by atoms with Crippen molar-refractivity contribution in [2.24, 2.45) is 0 Å². The lowest BCUT2D eigenvalue weighted by Gasteiger charge is -2.24. The summed E-state index contributed by atoms with van der Waals surface area (Å²) in [7, 11) is 3.17. The van der Waals surface area contributed by atoms with E-state index >= 15 is 0 Å². The van der Waals surface area contributed by atoms with E-state index in [0.29, 0.717) is 45.0 Å². The van der Waals surface area contributed by atoms with Crippen LogP contribution in [0.1, 0.15) is 12.5 Å². The standard InChI is InChI=1S/C15H24F2N2O2/c1-4-19(6-8-21-3)15-13(16)9-12(10-14(15)17)11-18-5-7-20-2/h9-10,18H,4-8,11H2,1-3H3. The highest BCUT2D eigenvalue weighted by atomic mass is 19.1. The topological polar surface area (TPSA) is 33.7 Å². The Morgan fingerprint density at radius 3 is 2.24 bits per heavy atom. The average Bonchev–Trinajstić information content (AvgIpc) is 2.46. The van der Waals surface area contributed by atoms with E-state index in [1.54, 1.807) is 19.1 Å². The van der Waals surface area contributed by atoms with Gasteiger partial charge >= 0.3 is 0 Å². The lowest BCUT2D eigenvalue weighted by atomic mass is 10.1. The number of methoxy groups -OCH3 is 2. The van der Waals surface area contributed by atoms with E-state index < -0.39 is 11.6 Å². The Morgan fingerprint density at radius 2 is 1.71 bits per heavy atom. The average molecular weight is 302 g/mol. The van der Waals surface area contributed by atoms with Gasteiger partial charge in [0.05, 0.1) is 13.2 Å². The first-order valence-corrected chi connectivity index (χ1v) is 7.05. The summed E-state index contributed by atoms with van der Waals surface area (Å²) in [5.74, 6) is -1.09. The Morgan fingerprint density at radius 1 is 1.10 bits per heavy atom. The minimum atomic E-state index is -0.545. The van der Waals surface area contributed by atoms with E-state index in [2.05, 4.69) is 5.32 Å². The van der Waals surface area contributed by atoms with E-state index in [1.807, 2.05) is 6.92 Å². The van der Waals surface area contributed by atoms with Crippen molar-refractivity contribution in [3.63, 3.8) is 0 Å². The molecule has 0 heterocycles. The molecular formula is C15H24F2N2O2. The molecule has 1 aromatic rings. The zero-order valence-electron chi connectivity index (χ0n) is 12.9. The molecule has 0 aromatic heterocycles. The summed E-state index contributed by atoms with van der Waals surface area (Å²) < 4.78 is 38.2. The molecule has 0 spiro atoms. The van der Waals surface area contributed by atoms with Crippen molar-refractivity contribution in [1.29, 1.82) is 0 Å². The molecule has 0 atom stereocenters. The number of nitrogens with one attached hydrogen (secondary N) is 1. The number of benzene rings is 1. The summed E-state index contributed by atoms with van der Waals surface area (Å²) >= 11 is 0. The highest BCUT2D eigenvalue weighted by molar-refractivity contribution is 5.50. The van der Waals surface area contributed by atoms with Crippen molar-refractivity contribution in [3.8, 4) is 0 Å². The van der Waals surface area contributed by atoms with Gasteiger partial charge in [-0.2, -0.15) is 0 Å². The molecule has 120 valence electrons. The first-order chi connectivity index (χ1) is 10.1. The molecular weight excluding hydrogens is 278 g/mol. The second-order valence-corrected chi connectivity index (χ2v) is 4.65. The number of nitrogens with zero attached hydrogens (tertiary/aromatic N) is 1. The van der Waals surface area contributed by atoms with Crippen molar-refractivity contribution in [3.05, 3.63) is 29.3 Å². The molecule has 21 heavy (non-hydrogen) atoms. The van der Waals surface area contributed by atoms with Crippen LogP contribution >= 0.6 is 0 Å². The summed E-state index contributed by atoms with van der Waals surface area (Å²) in [6.07, 6.45) is 0. The molecule has 0 aliphatic carbocycles. The first kappa shape index (κ1) is 17.8. The molecule has 0 unspecified atom stereocenters. The van der Waals surface area contributed by atoms with Crippen molar-refractivity contribution >= 4 is 5.69 Å². The monoisotopic (exact) mass is 302 g/mol. The van der Waals surface area contributed by atoms with E-state index in [4.69, 9.17) is 9.47 Å². The fourth-order valence-electron chi connectivity index (χ4n) is 2.06. The minimum Gasteiger partial charge on any atom is -0.383 e. The van der Waals surface area contributed by atoms with E-state index in [0.717, 1.165) is 0 Å². The van der Waals surface area contributed by atoms with Gasteiger partial charge in [0.15, 0.2) is 0 Å². The molecule has 0 aliphatic rings.